The predicted octanol–water partition coefficient (Wildman–Crippen LogP) is 3.27. The van der Waals surface area contributed by atoms with E-state index in [4.69, 9.17) is 0 Å². The van der Waals surface area contributed by atoms with Crippen LogP contribution in [0.5, 0.6) is 0 Å². The van der Waals surface area contributed by atoms with E-state index in [1.807, 2.05) is 63.5 Å². The van der Waals surface area contributed by atoms with E-state index in [0.717, 1.165) is 22.4 Å². The van der Waals surface area contributed by atoms with Crippen LogP contribution in [-0.2, 0) is 7.05 Å². The lowest BCUT2D eigenvalue weighted by Crippen LogP contribution is -2.39. The van der Waals surface area contributed by atoms with Gasteiger partial charge < -0.3 is 10.6 Å². The summed E-state index contributed by atoms with van der Waals surface area (Å²) in [5, 5.41) is 10.2. The Morgan fingerprint density at radius 1 is 1.12 bits per heavy atom. The third-order valence-electron chi connectivity index (χ3n) is 4.21. The highest BCUT2D eigenvalue weighted by Gasteiger charge is 2.19. The fraction of sp³-hybridized carbons (Fsp3) is 0.250. The van der Waals surface area contributed by atoms with Gasteiger partial charge in [0.25, 0.3) is 0 Å². The van der Waals surface area contributed by atoms with Gasteiger partial charge >= 0.3 is 6.03 Å². The van der Waals surface area contributed by atoms with E-state index in [1.54, 1.807) is 17.1 Å². The van der Waals surface area contributed by atoms with E-state index in [-0.39, 0.29) is 18.1 Å². The molecule has 2 atom stereocenters. The molecule has 0 saturated carbocycles. The highest BCUT2D eigenvalue weighted by Crippen LogP contribution is 2.21. The van der Waals surface area contributed by atoms with Gasteiger partial charge in [-0.1, -0.05) is 35.9 Å². The quantitative estimate of drug-likeness (QED) is 0.742. The molecule has 0 aliphatic carbocycles. The zero-order valence-electron chi connectivity index (χ0n) is 15.2. The Labute approximate surface area is 153 Å². The average molecular weight is 349 g/mol. The number of hydrogen-bond donors (Lipinski definition) is 2. The molecule has 2 N–H and O–H groups in total. The van der Waals surface area contributed by atoms with Crippen molar-refractivity contribution in [3.05, 3.63) is 83.4 Å². The average Bonchev–Trinajstić information content (AvgIpc) is 3.07. The molecule has 0 unspecified atom stereocenters. The molecule has 1 aromatic carbocycles. The van der Waals surface area contributed by atoms with E-state index in [0.29, 0.717) is 0 Å². The van der Waals surface area contributed by atoms with Crippen molar-refractivity contribution < 1.29 is 4.79 Å². The van der Waals surface area contributed by atoms with Crippen LogP contribution in [0.25, 0.3) is 0 Å². The van der Waals surface area contributed by atoms with Crippen LogP contribution in [0.4, 0.5) is 4.79 Å². The number of nitrogens with zero attached hydrogens (tertiary/aromatic N) is 3. The minimum atomic E-state index is -0.322. The molecule has 2 heterocycles. The molecule has 134 valence electrons. The van der Waals surface area contributed by atoms with Crippen molar-refractivity contribution in [1.29, 1.82) is 0 Å². The Balaban J connectivity index is 1.78. The number of benzene rings is 1. The molecule has 6 nitrogen and oxygen atoms in total. The maximum absolute atomic E-state index is 12.6. The van der Waals surface area contributed by atoms with Crippen LogP contribution in [0.15, 0.2) is 61.1 Å². The molecule has 2 amide bonds. The van der Waals surface area contributed by atoms with E-state index < -0.39 is 0 Å². The lowest BCUT2D eigenvalue weighted by Gasteiger charge is -2.21. The van der Waals surface area contributed by atoms with Gasteiger partial charge in [-0.15, -0.1) is 0 Å². The largest absolute Gasteiger partial charge is 0.332 e. The summed E-state index contributed by atoms with van der Waals surface area (Å²) in [6.45, 7) is 3.96. The number of aromatic nitrogens is 3. The number of hydrogen-bond acceptors (Lipinski definition) is 3. The molecular weight excluding hydrogens is 326 g/mol. The van der Waals surface area contributed by atoms with Gasteiger partial charge in [0.2, 0.25) is 0 Å². The summed E-state index contributed by atoms with van der Waals surface area (Å²) in [4.78, 5) is 17.0. The van der Waals surface area contributed by atoms with Gasteiger partial charge in [-0.05, 0) is 31.5 Å². The van der Waals surface area contributed by atoms with E-state index in [2.05, 4.69) is 26.8 Å². The first-order valence-corrected chi connectivity index (χ1v) is 8.56. The molecule has 0 saturated heterocycles. The first kappa shape index (κ1) is 17.7. The third kappa shape index (κ3) is 4.27. The van der Waals surface area contributed by atoms with Crippen LogP contribution in [0.1, 0.15) is 41.4 Å². The molecular formula is C20H23N5O. The summed E-state index contributed by atoms with van der Waals surface area (Å²) in [6.07, 6.45) is 5.37. The summed E-state index contributed by atoms with van der Waals surface area (Å²) in [5.41, 5.74) is 3.87. The van der Waals surface area contributed by atoms with Gasteiger partial charge in [-0.2, -0.15) is 5.10 Å². The molecule has 26 heavy (non-hydrogen) atoms. The van der Waals surface area contributed by atoms with Crippen molar-refractivity contribution in [2.24, 2.45) is 7.05 Å². The van der Waals surface area contributed by atoms with Crippen LogP contribution >= 0.6 is 0 Å². The molecule has 0 fully saturated rings. The summed E-state index contributed by atoms with van der Waals surface area (Å²) >= 11 is 0. The monoisotopic (exact) mass is 349 g/mol. The van der Waals surface area contributed by atoms with Crippen LogP contribution in [0, 0.1) is 6.92 Å². The van der Waals surface area contributed by atoms with Gasteiger partial charge in [0.05, 0.1) is 24.0 Å². The maximum Gasteiger partial charge on any atom is 0.316 e. The number of carbonyl (C=O) groups is 1. The first-order valence-electron chi connectivity index (χ1n) is 8.56. The van der Waals surface area contributed by atoms with Gasteiger partial charge in [0.15, 0.2) is 0 Å². The molecule has 0 aliphatic rings. The first-order chi connectivity index (χ1) is 12.5. The maximum atomic E-state index is 12.6. The van der Waals surface area contributed by atoms with Crippen molar-refractivity contribution in [2.45, 2.75) is 25.9 Å². The molecule has 0 spiro atoms. The van der Waals surface area contributed by atoms with Crippen LogP contribution in [0.2, 0.25) is 0 Å². The summed E-state index contributed by atoms with van der Waals surface area (Å²) in [7, 11) is 1.85. The summed E-state index contributed by atoms with van der Waals surface area (Å²) in [6, 6.07) is 13.0. The summed E-state index contributed by atoms with van der Waals surface area (Å²) < 4.78 is 1.72. The number of rotatable bonds is 5. The molecule has 2 aromatic heterocycles. The van der Waals surface area contributed by atoms with Gasteiger partial charge in [-0.3, -0.25) is 9.67 Å². The zero-order valence-corrected chi connectivity index (χ0v) is 15.2. The van der Waals surface area contributed by atoms with Gasteiger partial charge in [0, 0.05) is 25.0 Å². The second-order valence-corrected chi connectivity index (χ2v) is 6.39. The second-order valence-electron chi connectivity index (χ2n) is 6.39. The van der Waals surface area contributed by atoms with E-state index in [9.17, 15) is 4.79 Å². The smallest absolute Gasteiger partial charge is 0.316 e. The van der Waals surface area contributed by atoms with Crippen LogP contribution in [-0.4, -0.2) is 20.8 Å². The SMILES string of the molecule is Cc1cccc([C@@H](NC(=O)N[C@@H](C)c2cnn(C)c2)c2ccccn2)c1. The molecule has 0 aliphatic heterocycles. The highest BCUT2D eigenvalue weighted by molar-refractivity contribution is 5.75. The van der Waals surface area contributed by atoms with Crippen molar-refractivity contribution in [3.63, 3.8) is 0 Å². The number of aryl methyl sites for hydroxylation is 2. The third-order valence-corrected chi connectivity index (χ3v) is 4.21. The second kappa shape index (κ2) is 7.82. The highest BCUT2D eigenvalue weighted by atomic mass is 16.2. The number of pyridine rings is 1. The Morgan fingerprint density at radius 3 is 2.62 bits per heavy atom. The van der Waals surface area contributed by atoms with Gasteiger partial charge in [-0.25, -0.2) is 4.79 Å². The lowest BCUT2D eigenvalue weighted by atomic mass is 10.0. The Hall–Kier alpha value is -3.15. The molecule has 3 aromatic rings. The number of nitrogens with one attached hydrogen (secondary N) is 2. The molecule has 0 radical (unpaired) electrons. The molecule has 3 rings (SSSR count). The Bertz CT molecular complexity index is 875. The Morgan fingerprint density at radius 2 is 1.96 bits per heavy atom. The predicted molar refractivity (Wildman–Crippen MR) is 101 cm³/mol. The minimum absolute atomic E-state index is 0.148. The minimum Gasteiger partial charge on any atom is -0.332 e. The van der Waals surface area contributed by atoms with Crippen LogP contribution < -0.4 is 10.6 Å². The molecule has 6 heteroatoms. The zero-order chi connectivity index (χ0) is 18.5. The van der Waals surface area contributed by atoms with E-state index >= 15 is 0 Å². The van der Waals surface area contributed by atoms with Crippen molar-refractivity contribution >= 4 is 6.03 Å². The Kier molecular flexibility index (Phi) is 5.31. The fourth-order valence-electron chi connectivity index (χ4n) is 2.84. The van der Waals surface area contributed by atoms with Crippen molar-refractivity contribution in [3.8, 4) is 0 Å². The summed E-state index contributed by atoms with van der Waals surface area (Å²) in [5.74, 6) is 0. The van der Waals surface area contributed by atoms with Crippen molar-refractivity contribution in [1.82, 2.24) is 25.4 Å². The van der Waals surface area contributed by atoms with Crippen molar-refractivity contribution in [2.75, 3.05) is 0 Å². The number of carbonyl (C=O) groups excluding carboxylic acids is 1. The molecule has 0 bridgehead atoms. The lowest BCUT2D eigenvalue weighted by molar-refractivity contribution is 0.235. The normalized spacial score (nSPS) is 13.0. The number of amides is 2. The van der Waals surface area contributed by atoms with E-state index in [1.165, 1.54) is 0 Å². The van der Waals surface area contributed by atoms with Gasteiger partial charge in [0.1, 0.15) is 0 Å². The number of urea groups is 1. The van der Waals surface area contributed by atoms with Crippen LogP contribution in [0.3, 0.4) is 0 Å². The topological polar surface area (TPSA) is 71.8 Å². The standard InChI is InChI=1S/C20H23N5O/c1-14-7-6-8-16(11-14)19(18-9-4-5-10-21-18)24-20(26)23-15(2)17-12-22-25(3)13-17/h4-13,15,19H,1-3H3,(H2,23,24,26)/t15-,19+/m0/s1. The fourth-order valence-corrected chi connectivity index (χ4v) is 2.84.